The van der Waals surface area contributed by atoms with Crippen LogP contribution in [0.5, 0.6) is 5.75 Å². The highest BCUT2D eigenvalue weighted by atomic mass is 32.2. The smallest absolute Gasteiger partial charge is 0.416 e. The Hall–Kier alpha value is -3.79. The Morgan fingerprint density at radius 2 is 1.68 bits per heavy atom. The normalized spacial score (nSPS) is 11.9. The van der Waals surface area contributed by atoms with Crippen molar-refractivity contribution in [2.75, 3.05) is 4.72 Å². The van der Waals surface area contributed by atoms with Crippen molar-refractivity contribution in [3.63, 3.8) is 0 Å². The second kappa shape index (κ2) is 9.22. The van der Waals surface area contributed by atoms with Crippen molar-refractivity contribution < 1.29 is 30.7 Å². The molecule has 0 fully saturated rings. The van der Waals surface area contributed by atoms with Crippen molar-refractivity contribution in [1.82, 2.24) is 4.98 Å². The van der Waals surface area contributed by atoms with E-state index in [9.17, 15) is 21.6 Å². The molecule has 0 amide bonds. The first kappa shape index (κ1) is 23.4. The number of halogens is 3. The number of anilines is 1. The summed E-state index contributed by atoms with van der Waals surface area (Å²) in [6.45, 7) is 1.88. The minimum absolute atomic E-state index is 0.108. The van der Waals surface area contributed by atoms with Gasteiger partial charge in [0.05, 0.1) is 10.5 Å². The number of hydrogen-bond acceptors (Lipinski definition) is 5. The molecular formula is C24H19F3N2O4S. The average molecular weight is 488 g/mol. The van der Waals surface area contributed by atoms with E-state index in [1.807, 2.05) is 30.3 Å². The first-order chi connectivity index (χ1) is 16.1. The summed E-state index contributed by atoms with van der Waals surface area (Å²) in [5.41, 5.74) is 0.294. The van der Waals surface area contributed by atoms with Gasteiger partial charge < -0.3 is 9.15 Å². The third kappa shape index (κ3) is 5.40. The molecule has 4 aromatic rings. The molecule has 10 heteroatoms. The Morgan fingerprint density at radius 1 is 0.971 bits per heavy atom. The van der Waals surface area contributed by atoms with Gasteiger partial charge in [-0.2, -0.15) is 13.2 Å². The Bertz CT molecular complexity index is 1380. The fraction of sp³-hybridized carbons (Fsp3) is 0.125. The van der Waals surface area contributed by atoms with E-state index in [0.29, 0.717) is 23.1 Å². The number of oxazole rings is 1. The second-order valence-corrected chi connectivity index (χ2v) is 9.01. The van der Waals surface area contributed by atoms with E-state index in [4.69, 9.17) is 9.15 Å². The van der Waals surface area contributed by atoms with Crippen LogP contribution in [-0.2, 0) is 22.8 Å². The average Bonchev–Trinajstić information content (AvgIpc) is 3.18. The summed E-state index contributed by atoms with van der Waals surface area (Å²) in [6, 6.07) is 18.9. The zero-order valence-corrected chi connectivity index (χ0v) is 18.7. The van der Waals surface area contributed by atoms with Crippen molar-refractivity contribution in [3.05, 3.63) is 95.9 Å². The molecule has 0 bridgehead atoms. The molecule has 0 radical (unpaired) electrons. The molecule has 0 aliphatic rings. The topological polar surface area (TPSA) is 81.4 Å². The minimum Gasteiger partial charge on any atom is -0.487 e. The summed E-state index contributed by atoms with van der Waals surface area (Å²) in [6.07, 6.45) is -4.58. The van der Waals surface area contributed by atoms with Gasteiger partial charge in [-0.3, -0.25) is 4.72 Å². The second-order valence-electron chi connectivity index (χ2n) is 7.33. The lowest BCUT2D eigenvalue weighted by molar-refractivity contribution is -0.137. The van der Waals surface area contributed by atoms with Gasteiger partial charge in [0.1, 0.15) is 23.8 Å². The Labute approximate surface area is 194 Å². The number of nitrogens with zero attached hydrogens (tertiary/aromatic N) is 1. The zero-order chi connectivity index (χ0) is 24.3. The number of rotatable bonds is 7. The van der Waals surface area contributed by atoms with Crippen molar-refractivity contribution in [2.45, 2.75) is 24.6 Å². The highest BCUT2D eigenvalue weighted by molar-refractivity contribution is 7.92. The quantitative estimate of drug-likeness (QED) is 0.343. The molecule has 0 aliphatic carbocycles. The molecular weight excluding hydrogens is 469 g/mol. The third-order valence-corrected chi connectivity index (χ3v) is 6.26. The molecule has 0 unspecified atom stereocenters. The summed E-state index contributed by atoms with van der Waals surface area (Å²) in [4.78, 5) is 4.32. The fourth-order valence-corrected chi connectivity index (χ4v) is 4.16. The number of sulfonamides is 1. The molecule has 0 spiro atoms. The van der Waals surface area contributed by atoms with Crippen LogP contribution >= 0.6 is 0 Å². The van der Waals surface area contributed by atoms with Gasteiger partial charge in [-0.25, -0.2) is 13.4 Å². The summed E-state index contributed by atoms with van der Waals surface area (Å²) in [5.74, 6) is 1.46. The van der Waals surface area contributed by atoms with Gasteiger partial charge in [-0.05, 0) is 61.5 Å². The molecule has 1 aromatic heterocycles. The highest BCUT2D eigenvalue weighted by Crippen LogP contribution is 2.31. The summed E-state index contributed by atoms with van der Waals surface area (Å²) in [5, 5.41) is 0. The minimum atomic E-state index is -4.58. The maximum atomic E-state index is 12.9. The van der Waals surface area contributed by atoms with Crippen molar-refractivity contribution in [1.29, 1.82) is 0 Å². The third-order valence-electron chi connectivity index (χ3n) is 4.87. The van der Waals surface area contributed by atoms with Gasteiger partial charge in [0.25, 0.3) is 10.0 Å². The monoisotopic (exact) mass is 488 g/mol. The number of alkyl halides is 3. The Balaban J connectivity index is 1.43. The van der Waals surface area contributed by atoms with E-state index in [1.54, 1.807) is 6.92 Å². The van der Waals surface area contributed by atoms with E-state index >= 15 is 0 Å². The molecule has 4 rings (SSSR count). The van der Waals surface area contributed by atoms with E-state index in [2.05, 4.69) is 9.71 Å². The lowest BCUT2D eigenvalue weighted by Crippen LogP contribution is -2.14. The predicted molar refractivity (Wildman–Crippen MR) is 120 cm³/mol. The van der Waals surface area contributed by atoms with Crippen LogP contribution in [0.15, 0.2) is 88.2 Å². The van der Waals surface area contributed by atoms with Crippen LogP contribution in [0.3, 0.4) is 0 Å². The summed E-state index contributed by atoms with van der Waals surface area (Å²) in [7, 11) is -4.09. The SMILES string of the molecule is Cc1oc(-c2ccccc2)nc1COc1ccc(S(=O)(=O)Nc2cccc(C(F)(F)F)c2)cc1. The zero-order valence-electron chi connectivity index (χ0n) is 17.8. The van der Waals surface area contributed by atoms with Crippen molar-refractivity contribution >= 4 is 15.7 Å². The first-order valence-corrected chi connectivity index (χ1v) is 11.5. The van der Waals surface area contributed by atoms with Crippen LogP contribution in [0.4, 0.5) is 18.9 Å². The first-order valence-electron chi connectivity index (χ1n) is 10.1. The number of aromatic nitrogens is 1. The lowest BCUT2D eigenvalue weighted by Gasteiger charge is -2.12. The van der Waals surface area contributed by atoms with Crippen LogP contribution in [-0.4, -0.2) is 13.4 Å². The number of ether oxygens (including phenoxy) is 1. The molecule has 1 heterocycles. The van der Waals surface area contributed by atoms with Crippen LogP contribution in [0.1, 0.15) is 17.0 Å². The van der Waals surface area contributed by atoms with E-state index in [-0.39, 0.29) is 17.2 Å². The van der Waals surface area contributed by atoms with Gasteiger partial charge in [0.15, 0.2) is 0 Å². The van der Waals surface area contributed by atoms with E-state index in [1.165, 1.54) is 30.3 Å². The number of benzene rings is 3. The predicted octanol–water partition coefficient (Wildman–Crippen LogP) is 6.05. The number of nitrogens with one attached hydrogen (secondary N) is 1. The number of aryl methyl sites for hydroxylation is 1. The van der Waals surface area contributed by atoms with E-state index in [0.717, 1.165) is 23.8 Å². The van der Waals surface area contributed by atoms with Gasteiger partial charge in [0, 0.05) is 11.3 Å². The van der Waals surface area contributed by atoms with Gasteiger partial charge in [0.2, 0.25) is 5.89 Å². The molecule has 6 nitrogen and oxygen atoms in total. The van der Waals surface area contributed by atoms with Crippen LogP contribution in [0.2, 0.25) is 0 Å². The van der Waals surface area contributed by atoms with Crippen LogP contribution in [0, 0.1) is 6.92 Å². The highest BCUT2D eigenvalue weighted by Gasteiger charge is 2.30. The maximum absolute atomic E-state index is 12.9. The largest absolute Gasteiger partial charge is 0.487 e. The van der Waals surface area contributed by atoms with Crippen molar-refractivity contribution in [2.24, 2.45) is 0 Å². The molecule has 0 saturated carbocycles. The number of hydrogen-bond donors (Lipinski definition) is 1. The molecule has 34 heavy (non-hydrogen) atoms. The molecule has 0 aliphatic heterocycles. The Morgan fingerprint density at radius 3 is 2.35 bits per heavy atom. The molecule has 3 aromatic carbocycles. The fourth-order valence-electron chi connectivity index (χ4n) is 3.11. The standard InChI is InChI=1S/C24H19F3N2O4S/c1-16-22(28-23(33-16)17-6-3-2-4-7-17)15-32-20-10-12-21(13-11-20)34(30,31)29-19-9-5-8-18(14-19)24(25,26)27/h2-14,29H,15H2,1H3. The van der Waals surface area contributed by atoms with Gasteiger partial charge in [-0.15, -0.1) is 0 Å². The molecule has 0 saturated heterocycles. The maximum Gasteiger partial charge on any atom is 0.416 e. The van der Waals surface area contributed by atoms with Crippen LogP contribution < -0.4 is 9.46 Å². The summed E-state index contributed by atoms with van der Waals surface area (Å²) < 4.78 is 77.3. The van der Waals surface area contributed by atoms with Gasteiger partial charge in [-0.1, -0.05) is 24.3 Å². The summed E-state index contributed by atoms with van der Waals surface area (Å²) >= 11 is 0. The molecule has 0 atom stereocenters. The van der Waals surface area contributed by atoms with E-state index < -0.39 is 21.8 Å². The molecule has 1 N–H and O–H groups in total. The van der Waals surface area contributed by atoms with Crippen molar-refractivity contribution in [3.8, 4) is 17.2 Å². The lowest BCUT2D eigenvalue weighted by atomic mass is 10.2. The van der Waals surface area contributed by atoms with Crippen LogP contribution in [0.25, 0.3) is 11.5 Å². The molecule has 176 valence electrons. The Kier molecular flexibility index (Phi) is 6.34. The van der Waals surface area contributed by atoms with Gasteiger partial charge >= 0.3 is 6.18 Å².